The molecule has 0 saturated heterocycles. The van der Waals surface area contributed by atoms with E-state index in [0.717, 1.165) is 28.1 Å². The monoisotopic (exact) mass is 426 g/mol. The molecule has 6 nitrogen and oxygen atoms in total. The fourth-order valence-electron chi connectivity index (χ4n) is 3.55. The van der Waals surface area contributed by atoms with Gasteiger partial charge >= 0.3 is 0 Å². The number of ether oxygens (including phenoxy) is 4. The van der Waals surface area contributed by atoms with E-state index in [1.807, 2.05) is 87.4 Å². The number of rotatable bonds is 9. The van der Waals surface area contributed by atoms with E-state index in [4.69, 9.17) is 18.9 Å². The summed E-state index contributed by atoms with van der Waals surface area (Å²) < 4.78 is 23.1. The molecule has 0 saturated carbocycles. The molecule has 2 aromatic rings. The Morgan fingerprint density at radius 1 is 0.645 bits per heavy atom. The first kappa shape index (κ1) is 24.0. The molecular formula is C25H34N2O4. The molecule has 0 amide bonds. The van der Waals surface area contributed by atoms with Gasteiger partial charge in [0.2, 0.25) is 0 Å². The second kappa shape index (κ2) is 10.7. The van der Waals surface area contributed by atoms with Gasteiger partial charge in [0.25, 0.3) is 0 Å². The van der Waals surface area contributed by atoms with Crippen LogP contribution in [0.5, 0.6) is 23.0 Å². The van der Waals surface area contributed by atoms with Gasteiger partial charge in [-0.3, -0.25) is 0 Å². The van der Waals surface area contributed by atoms with Crippen molar-refractivity contribution in [2.24, 2.45) is 0 Å². The number of nitrogens with zero attached hydrogens (tertiary/aromatic N) is 2. The molecule has 0 aromatic heterocycles. The summed E-state index contributed by atoms with van der Waals surface area (Å²) in [7, 11) is 14.5. The first-order valence-corrected chi connectivity index (χ1v) is 10.0. The molecular weight excluding hydrogens is 392 g/mol. The van der Waals surface area contributed by atoms with E-state index in [1.165, 1.54) is 0 Å². The Kier molecular flexibility index (Phi) is 8.25. The van der Waals surface area contributed by atoms with Crippen molar-refractivity contribution in [1.82, 2.24) is 0 Å². The van der Waals surface area contributed by atoms with E-state index in [1.54, 1.807) is 28.4 Å². The summed E-state index contributed by atoms with van der Waals surface area (Å²) in [5.41, 5.74) is 4.57. The summed E-state index contributed by atoms with van der Waals surface area (Å²) >= 11 is 0. The normalized spacial score (nSPS) is 10.6. The van der Waals surface area contributed by atoms with E-state index in [-0.39, 0.29) is 0 Å². The summed E-state index contributed by atoms with van der Waals surface area (Å²) in [6, 6.07) is 8.13. The lowest BCUT2D eigenvalue weighted by molar-refractivity contribution is 0.353. The highest BCUT2D eigenvalue weighted by atomic mass is 16.5. The maximum Gasteiger partial charge on any atom is 0.184 e. The van der Waals surface area contributed by atoms with Crippen LogP contribution in [-0.2, 0) is 0 Å². The van der Waals surface area contributed by atoms with Crippen LogP contribution in [0.1, 0.15) is 18.1 Å². The molecule has 0 aliphatic heterocycles. The number of allylic oxidation sites excluding steroid dienone is 3. The molecule has 0 fully saturated rings. The Morgan fingerprint density at radius 3 is 1.32 bits per heavy atom. The zero-order valence-electron chi connectivity index (χ0n) is 20.1. The van der Waals surface area contributed by atoms with Gasteiger partial charge in [-0.25, -0.2) is 0 Å². The van der Waals surface area contributed by atoms with Gasteiger partial charge in [-0.05, 0) is 36.8 Å². The summed E-state index contributed by atoms with van der Waals surface area (Å²) in [5, 5.41) is 0. The van der Waals surface area contributed by atoms with E-state index < -0.39 is 0 Å². The van der Waals surface area contributed by atoms with Crippen LogP contribution < -0.4 is 28.7 Å². The van der Waals surface area contributed by atoms with Gasteiger partial charge < -0.3 is 28.7 Å². The fraction of sp³-hybridized carbons (Fsp3) is 0.360. The minimum Gasteiger partial charge on any atom is -0.492 e. The van der Waals surface area contributed by atoms with Gasteiger partial charge in [-0.2, -0.15) is 0 Å². The third-order valence-corrected chi connectivity index (χ3v) is 5.00. The van der Waals surface area contributed by atoms with E-state index in [9.17, 15) is 0 Å². The van der Waals surface area contributed by atoms with Gasteiger partial charge in [0, 0.05) is 39.3 Å². The smallest absolute Gasteiger partial charge is 0.184 e. The van der Waals surface area contributed by atoms with Crippen molar-refractivity contribution in [1.29, 1.82) is 0 Å². The van der Waals surface area contributed by atoms with Crippen molar-refractivity contribution in [3.05, 3.63) is 53.6 Å². The quantitative estimate of drug-likeness (QED) is 0.534. The molecule has 168 valence electrons. The maximum absolute atomic E-state index is 5.84. The van der Waals surface area contributed by atoms with E-state index in [0.29, 0.717) is 23.0 Å². The lowest BCUT2D eigenvalue weighted by Gasteiger charge is -2.24. The second-order valence-corrected chi connectivity index (χ2v) is 7.29. The molecule has 0 radical (unpaired) electrons. The number of methoxy groups -OCH3 is 4. The summed E-state index contributed by atoms with van der Waals surface area (Å²) in [5.74, 6) is 2.66. The van der Waals surface area contributed by atoms with Gasteiger partial charge in [-0.1, -0.05) is 18.2 Å². The Labute approximate surface area is 186 Å². The third-order valence-electron chi connectivity index (χ3n) is 5.00. The first-order chi connectivity index (χ1) is 14.9. The molecule has 2 rings (SSSR count). The standard InChI is InChI=1S/C25H34N2O4/c1-10-11-12-17(18-13-15-20(26(2)3)24(30-8)22(18)28-6)19-14-16-21(27(4)5)25(31-9)23(19)29-7/h10-16H,1-9H3/b11-10+. The molecule has 31 heavy (non-hydrogen) atoms. The molecule has 0 atom stereocenters. The van der Waals surface area contributed by atoms with Crippen molar-refractivity contribution < 1.29 is 18.9 Å². The molecule has 2 aromatic carbocycles. The predicted molar refractivity (Wildman–Crippen MR) is 130 cm³/mol. The highest BCUT2D eigenvalue weighted by Crippen LogP contribution is 2.48. The topological polar surface area (TPSA) is 43.4 Å². The van der Waals surface area contributed by atoms with Crippen LogP contribution in [0.25, 0.3) is 5.57 Å². The number of hydrogen-bond acceptors (Lipinski definition) is 6. The van der Waals surface area contributed by atoms with Crippen LogP contribution in [0.2, 0.25) is 0 Å². The zero-order valence-corrected chi connectivity index (χ0v) is 20.1. The van der Waals surface area contributed by atoms with E-state index >= 15 is 0 Å². The van der Waals surface area contributed by atoms with Crippen molar-refractivity contribution in [3.8, 4) is 23.0 Å². The van der Waals surface area contributed by atoms with Crippen molar-refractivity contribution in [2.75, 3.05) is 66.4 Å². The number of anilines is 2. The average Bonchev–Trinajstić information content (AvgIpc) is 2.77. The van der Waals surface area contributed by atoms with Crippen molar-refractivity contribution in [2.45, 2.75) is 6.92 Å². The Morgan fingerprint density at radius 2 is 1.03 bits per heavy atom. The molecule has 0 bridgehead atoms. The van der Waals surface area contributed by atoms with Gasteiger partial charge in [0.1, 0.15) is 0 Å². The summed E-state index contributed by atoms with van der Waals surface area (Å²) in [6.45, 7) is 1.98. The van der Waals surface area contributed by atoms with Crippen LogP contribution in [-0.4, -0.2) is 56.6 Å². The number of benzene rings is 2. The van der Waals surface area contributed by atoms with Crippen LogP contribution in [0.3, 0.4) is 0 Å². The predicted octanol–water partition coefficient (Wildman–Crippen LogP) is 4.86. The molecule has 0 N–H and O–H groups in total. The average molecular weight is 427 g/mol. The SMILES string of the molecule is C/C=C/C=C(c1ccc(N(C)C)c(OC)c1OC)c1ccc(N(C)C)c(OC)c1OC. The van der Waals surface area contributed by atoms with Crippen LogP contribution >= 0.6 is 0 Å². The minimum absolute atomic E-state index is 0.655. The first-order valence-electron chi connectivity index (χ1n) is 10.0. The Balaban J connectivity index is 2.89. The van der Waals surface area contributed by atoms with Crippen molar-refractivity contribution in [3.63, 3.8) is 0 Å². The highest BCUT2D eigenvalue weighted by Gasteiger charge is 2.24. The molecule has 6 heteroatoms. The van der Waals surface area contributed by atoms with Gasteiger partial charge in [0.15, 0.2) is 23.0 Å². The lowest BCUT2D eigenvalue weighted by Crippen LogP contribution is -2.12. The molecule has 0 aliphatic rings. The summed E-state index contributed by atoms with van der Waals surface area (Å²) in [6.07, 6.45) is 6.02. The van der Waals surface area contributed by atoms with Crippen LogP contribution in [0.15, 0.2) is 42.5 Å². The largest absolute Gasteiger partial charge is 0.492 e. The molecule has 0 spiro atoms. The second-order valence-electron chi connectivity index (χ2n) is 7.29. The Bertz CT molecular complexity index is 893. The van der Waals surface area contributed by atoms with Crippen LogP contribution in [0.4, 0.5) is 11.4 Å². The molecule has 0 aliphatic carbocycles. The fourth-order valence-corrected chi connectivity index (χ4v) is 3.55. The van der Waals surface area contributed by atoms with Crippen molar-refractivity contribution >= 4 is 16.9 Å². The highest BCUT2D eigenvalue weighted by molar-refractivity contribution is 5.91. The number of hydrogen-bond donors (Lipinski definition) is 0. The van der Waals surface area contributed by atoms with Gasteiger partial charge in [0.05, 0.1) is 39.8 Å². The lowest BCUT2D eigenvalue weighted by atomic mass is 9.94. The molecule has 0 heterocycles. The van der Waals surface area contributed by atoms with Crippen LogP contribution in [0, 0.1) is 0 Å². The van der Waals surface area contributed by atoms with Gasteiger partial charge in [-0.15, -0.1) is 0 Å². The summed E-state index contributed by atoms with van der Waals surface area (Å²) in [4.78, 5) is 3.99. The van der Waals surface area contributed by atoms with E-state index in [2.05, 4.69) is 0 Å². The minimum atomic E-state index is 0.655. The zero-order chi connectivity index (χ0) is 23.1. The third kappa shape index (κ3) is 4.74. The molecule has 0 unspecified atom stereocenters. The Hall–Kier alpha value is -3.28. The maximum atomic E-state index is 5.84.